The maximum absolute atomic E-state index is 9.20. The van der Waals surface area contributed by atoms with Crippen LogP contribution < -0.4 is 5.73 Å². The number of aromatic nitrogens is 1. The highest BCUT2D eigenvalue weighted by Gasteiger charge is 2.15. The van der Waals surface area contributed by atoms with Crippen LogP contribution in [-0.4, -0.2) is 16.2 Å². The van der Waals surface area contributed by atoms with Crippen LogP contribution in [0.15, 0.2) is 15.1 Å². The lowest BCUT2D eigenvalue weighted by Crippen LogP contribution is -2.23. The largest absolute Gasteiger partial charge is 0.391 e. The normalized spacial score (nSPS) is 16.1. The van der Waals surface area contributed by atoms with Gasteiger partial charge < -0.3 is 15.8 Å². The van der Waals surface area contributed by atoms with E-state index in [9.17, 15) is 5.11 Å². The predicted molar refractivity (Wildman–Crippen MR) is 54.8 cm³/mol. The zero-order valence-corrected chi connectivity index (χ0v) is 9.68. The van der Waals surface area contributed by atoms with Crippen molar-refractivity contribution in [1.82, 2.24) is 4.98 Å². The molecule has 0 aliphatic carbocycles. The lowest BCUT2D eigenvalue weighted by Gasteiger charge is -2.12. The van der Waals surface area contributed by atoms with Crippen molar-refractivity contribution in [1.29, 1.82) is 0 Å². The average molecular weight is 298 g/mol. The van der Waals surface area contributed by atoms with Gasteiger partial charge in [0.15, 0.2) is 0 Å². The van der Waals surface area contributed by atoms with Crippen molar-refractivity contribution in [3.8, 4) is 0 Å². The van der Waals surface area contributed by atoms with Gasteiger partial charge in [0, 0.05) is 10.2 Å². The molecule has 4 N–H and O–H groups in total. The van der Waals surface area contributed by atoms with Crippen LogP contribution in [0.4, 0.5) is 0 Å². The summed E-state index contributed by atoms with van der Waals surface area (Å²) >= 11 is 6.61. The van der Waals surface area contributed by atoms with Gasteiger partial charge in [0.25, 0.3) is 0 Å². The van der Waals surface area contributed by atoms with Crippen molar-refractivity contribution in [2.45, 2.75) is 19.1 Å². The highest BCUT2D eigenvalue weighted by atomic mass is 79.9. The van der Waals surface area contributed by atoms with Gasteiger partial charge in [-0.1, -0.05) is 0 Å². The Morgan fingerprint density at radius 1 is 1.58 bits per heavy atom. The zero-order chi connectivity index (χ0) is 9.30. The Balaban J connectivity index is 2.89. The fraction of sp³-hybridized carbons (Fsp3) is 0.429. The predicted octanol–water partition coefficient (Wildman–Crippen LogP) is 1.92. The summed E-state index contributed by atoms with van der Waals surface area (Å²) in [5, 5.41) is 9.20. The van der Waals surface area contributed by atoms with Gasteiger partial charge in [-0.25, -0.2) is 0 Å². The van der Waals surface area contributed by atoms with Gasteiger partial charge in [0.05, 0.1) is 16.7 Å². The molecule has 12 heavy (non-hydrogen) atoms. The van der Waals surface area contributed by atoms with Crippen LogP contribution in [0.25, 0.3) is 0 Å². The van der Waals surface area contributed by atoms with Crippen molar-refractivity contribution < 1.29 is 5.11 Å². The first-order valence-electron chi connectivity index (χ1n) is 3.50. The van der Waals surface area contributed by atoms with Gasteiger partial charge in [-0.15, -0.1) is 0 Å². The third-order valence-corrected chi connectivity index (χ3v) is 3.41. The first-order chi connectivity index (χ1) is 5.52. The molecule has 0 spiro atoms. The van der Waals surface area contributed by atoms with E-state index in [4.69, 9.17) is 5.73 Å². The lowest BCUT2D eigenvalue weighted by atomic mass is 10.1. The Morgan fingerprint density at radius 3 is 2.50 bits per heavy atom. The number of nitrogens with one attached hydrogen (secondary N) is 1. The van der Waals surface area contributed by atoms with Gasteiger partial charge in [0.2, 0.25) is 0 Å². The second-order valence-corrected chi connectivity index (χ2v) is 4.30. The van der Waals surface area contributed by atoms with Crippen molar-refractivity contribution in [2.75, 3.05) is 0 Å². The van der Waals surface area contributed by atoms with Gasteiger partial charge in [-0.3, -0.25) is 0 Å². The molecule has 0 amide bonds. The molecule has 1 aromatic rings. The molecule has 0 unspecified atom stereocenters. The fourth-order valence-electron chi connectivity index (χ4n) is 0.862. The van der Waals surface area contributed by atoms with Gasteiger partial charge >= 0.3 is 0 Å². The molecule has 0 radical (unpaired) electrons. The summed E-state index contributed by atoms with van der Waals surface area (Å²) in [5.41, 5.74) is 6.51. The van der Waals surface area contributed by atoms with E-state index in [1.165, 1.54) is 0 Å². The quantitative estimate of drug-likeness (QED) is 0.781. The van der Waals surface area contributed by atoms with E-state index in [1.54, 1.807) is 6.92 Å². The molecule has 2 atom stereocenters. The Morgan fingerprint density at radius 2 is 2.17 bits per heavy atom. The summed E-state index contributed by atoms with van der Waals surface area (Å²) in [6, 6.07) is 1.48. The highest BCUT2D eigenvalue weighted by molar-refractivity contribution is 9.13. The first-order valence-corrected chi connectivity index (χ1v) is 5.08. The van der Waals surface area contributed by atoms with Crippen LogP contribution in [0.2, 0.25) is 0 Å². The smallest absolute Gasteiger partial charge is 0.0966 e. The summed E-state index contributed by atoms with van der Waals surface area (Å²) in [5.74, 6) is 0. The molecule has 3 nitrogen and oxygen atoms in total. The van der Waals surface area contributed by atoms with Crippen LogP contribution in [0.5, 0.6) is 0 Å². The minimum absolute atomic E-state index is 0.368. The number of rotatable bonds is 2. The van der Waals surface area contributed by atoms with Gasteiger partial charge in [0.1, 0.15) is 0 Å². The molecule has 0 fully saturated rings. The second-order valence-electron chi connectivity index (χ2n) is 2.65. The highest BCUT2D eigenvalue weighted by Crippen LogP contribution is 2.26. The number of H-pyrrole nitrogens is 1. The Kier molecular flexibility index (Phi) is 3.34. The molecule has 0 saturated heterocycles. The maximum Gasteiger partial charge on any atom is 0.0966 e. The van der Waals surface area contributed by atoms with Crippen molar-refractivity contribution in [3.63, 3.8) is 0 Å². The molecular formula is C7H10Br2N2O. The van der Waals surface area contributed by atoms with Gasteiger partial charge in [-0.2, -0.15) is 0 Å². The molecule has 0 aliphatic heterocycles. The van der Waals surface area contributed by atoms with Crippen LogP contribution in [-0.2, 0) is 0 Å². The third kappa shape index (κ3) is 2.10. The number of hydrogen-bond donors (Lipinski definition) is 3. The Bertz CT molecular complexity index is 253. The number of aromatic amines is 1. The molecule has 0 bridgehead atoms. The van der Waals surface area contributed by atoms with E-state index < -0.39 is 6.10 Å². The SMILES string of the molecule is C[C@@H](O)[C@H](N)c1cc(Br)c(Br)[nH]1. The van der Waals surface area contributed by atoms with Crippen LogP contribution in [0, 0.1) is 0 Å². The Hall–Kier alpha value is 0.160. The standard InChI is InChI=1S/C7H10Br2N2O/c1-3(12)6(10)5-2-4(8)7(9)11-5/h2-3,6,11-12H,10H2,1H3/t3-,6+/m1/s1. The molecule has 1 rings (SSSR count). The van der Waals surface area contributed by atoms with Crippen molar-refractivity contribution in [3.05, 3.63) is 20.8 Å². The third-order valence-electron chi connectivity index (χ3n) is 1.62. The molecule has 68 valence electrons. The summed E-state index contributed by atoms with van der Waals surface area (Å²) in [4.78, 5) is 3.01. The maximum atomic E-state index is 9.20. The van der Waals surface area contributed by atoms with E-state index in [0.29, 0.717) is 0 Å². The molecule has 1 aromatic heterocycles. The van der Waals surface area contributed by atoms with Crippen molar-refractivity contribution >= 4 is 31.9 Å². The monoisotopic (exact) mass is 296 g/mol. The van der Waals surface area contributed by atoms with Crippen LogP contribution in [0.3, 0.4) is 0 Å². The average Bonchev–Trinajstić information content (AvgIpc) is 2.30. The van der Waals surface area contributed by atoms with Gasteiger partial charge in [-0.05, 0) is 44.8 Å². The number of aliphatic hydroxyl groups is 1. The van der Waals surface area contributed by atoms with Crippen LogP contribution >= 0.6 is 31.9 Å². The molecule has 5 heteroatoms. The van der Waals surface area contributed by atoms with Crippen LogP contribution in [0.1, 0.15) is 18.7 Å². The zero-order valence-electron chi connectivity index (χ0n) is 6.51. The van der Waals surface area contributed by atoms with E-state index >= 15 is 0 Å². The summed E-state index contributed by atoms with van der Waals surface area (Å²) < 4.78 is 1.75. The Labute approximate surface area is 87.6 Å². The number of aliphatic hydroxyl groups excluding tert-OH is 1. The second kappa shape index (κ2) is 3.91. The number of halogens is 2. The topological polar surface area (TPSA) is 62.0 Å². The number of hydrogen-bond acceptors (Lipinski definition) is 2. The summed E-state index contributed by atoms with van der Waals surface area (Å²) in [6.45, 7) is 1.66. The minimum Gasteiger partial charge on any atom is -0.391 e. The number of nitrogens with two attached hydrogens (primary N) is 1. The molecule has 0 aromatic carbocycles. The van der Waals surface area contributed by atoms with E-state index in [0.717, 1.165) is 14.8 Å². The molecule has 0 aliphatic rings. The fourth-order valence-corrected chi connectivity index (χ4v) is 1.55. The molecule has 1 heterocycles. The summed E-state index contributed by atoms with van der Waals surface area (Å²) in [6.07, 6.45) is -0.553. The minimum atomic E-state index is -0.553. The summed E-state index contributed by atoms with van der Waals surface area (Å²) in [7, 11) is 0. The van der Waals surface area contributed by atoms with Crippen molar-refractivity contribution in [2.24, 2.45) is 5.73 Å². The lowest BCUT2D eigenvalue weighted by molar-refractivity contribution is 0.162. The van der Waals surface area contributed by atoms with E-state index in [2.05, 4.69) is 36.8 Å². The van der Waals surface area contributed by atoms with E-state index in [1.807, 2.05) is 6.07 Å². The van der Waals surface area contributed by atoms with E-state index in [-0.39, 0.29) is 6.04 Å². The molecule has 0 saturated carbocycles. The molecular weight excluding hydrogens is 288 g/mol. The first kappa shape index (κ1) is 10.2.